The van der Waals surface area contributed by atoms with Crippen LogP contribution < -0.4 is 25.2 Å². The molecule has 23 heteroatoms. The number of methoxy groups -OCH3 is 1. The molecule has 2 aliphatic heterocycles. The number of nitriles is 1. The highest BCUT2D eigenvalue weighted by atomic mass is 32.1. The minimum Gasteiger partial charge on any atom is -0.475 e. The highest BCUT2D eigenvalue weighted by Gasteiger charge is 2.52. The fourth-order valence-electron chi connectivity index (χ4n) is 7.83. The van der Waals surface area contributed by atoms with E-state index in [4.69, 9.17) is 26.4 Å². The number of thiocarbonyl (C=S) groups is 1. The smallest absolute Gasteiger partial charge is 0.420 e. The third kappa shape index (κ3) is 11.0. The summed E-state index contributed by atoms with van der Waals surface area (Å²) in [5.41, 5.74) is -2.00. The summed E-state index contributed by atoms with van der Waals surface area (Å²) in [5, 5.41) is 24.9. The number of anilines is 2. The van der Waals surface area contributed by atoms with Crippen LogP contribution in [0.3, 0.4) is 0 Å². The maximum absolute atomic E-state index is 15.5. The highest BCUT2D eigenvalue weighted by Crippen LogP contribution is 2.42. The Bertz CT molecular complexity index is 2700. The van der Waals surface area contributed by atoms with Crippen molar-refractivity contribution in [1.29, 1.82) is 5.26 Å². The molecule has 2 fully saturated rings. The number of amides is 4. The molecule has 3 atom stereocenters. The molecule has 366 valence electrons. The van der Waals surface area contributed by atoms with Crippen molar-refractivity contribution in [3.63, 3.8) is 0 Å². The summed E-state index contributed by atoms with van der Waals surface area (Å²) in [6, 6.07) is 9.59. The third-order valence-corrected chi connectivity index (χ3v) is 12.7. The first-order valence-corrected chi connectivity index (χ1v) is 22.5. The molecule has 2 aromatic heterocycles. The molecule has 2 aliphatic rings. The number of ether oxygens (including phenoxy) is 3. The van der Waals surface area contributed by atoms with Crippen molar-refractivity contribution in [2.75, 3.05) is 43.3 Å². The molecule has 4 heterocycles. The Morgan fingerprint density at radius 3 is 2.39 bits per heavy atom. The van der Waals surface area contributed by atoms with E-state index in [1.807, 2.05) is 31.2 Å². The summed E-state index contributed by atoms with van der Waals surface area (Å²) >= 11 is 7.02. The van der Waals surface area contributed by atoms with E-state index in [1.54, 1.807) is 26.3 Å². The van der Waals surface area contributed by atoms with E-state index >= 15 is 4.39 Å². The number of hydrogen-bond acceptors (Lipinski definition) is 14. The number of β-amino-alcohol motifs (C(OH)–C–C–N with tert-alkyl or cyclic N) is 1. The molecule has 4 aromatic rings. The second-order valence-corrected chi connectivity index (χ2v) is 18.9. The van der Waals surface area contributed by atoms with Gasteiger partial charge in [-0.2, -0.15) is 18.4 Å². The number of esters is 1. The maximum Gasteiger partial charge on any atom is 0.420 e. The molecule has 2 saturated heterocycles. The summed E-state index contributed by atoms with van der Waals surface area (Å²) in [5.74, 6) is -5.75. The van der Waals surface area contributed by atoms with E-state index in [2.05, 4.69) is 20.6 Å². The zero-order chi connectivity index (χ0) is 50.7. The molecule has 0 aliphatic carbocycles. The monoisotopic (exact) mass is 996 g/mol. The lowest BCUT2D eigenvalue weighted by Gasteiger charge is -2.35. The first-order chi connectivity index (χ1) is 32.4. The number of nitrogens with zero attached hydrogens (tertiary/aromatic N) is 6. The number of pyridine rings is 1. The molecular formula is C46H48F4N8O9S2. The van der Waals surface area contributed by atoms with Crippen LogP contribution in [0.15, 0.2) is 54.2 Å². The molecule has 2 aromatic carbocycles. The molecule has 0 radical (unpaired) electrons. The number of aromatic nitrogens is 2. The number of thiazole rings is 1. The molecule has 3 N–H and O–H groups in total. The zero-order valence-electron chi connectivity index (χ0n) is 38.4. The number of nitrogens with one attached hydrogen (secondary N) is 2. The Hall–Kier alpha value is -6.61. The Morgan fingerprint density at radius 1 is 1.09 bits per heavy atom. The van der Waals surface area contributed by atoms with Gasteiger partial charge in [-0.15, -0.1) is 11.3 Å². The van der Waals surface area contributed by atoms with Gasteiger partial charge in [0.25, 0.3) is 5.91 Å². The first kappa shape index (κ1) is 51.8. The standard InChI is InChI=1S/C46H48F4N8O9S2/c1-24-36(69-23-54-24)26-10-8-25(9-11-26)19-52-38(61)32-17-29(59)21-56(32)40(62)37(44(2,3)4)55-33(60)22-66-14-15-67-39-30(41(63)65-7)16-28(20-53-39)58-43(68)57(42(64)45(58,5)6)31-13-12-27(18-51)34(35(31)47)46(48,49)50/h8-13,16,20,23,29,32,37,59H,14-15,17,19,21-22H2,1-7H3,(H,52,61)(H,55,60)/t29?,32-,37+/m0/s1. The Labute approximate surface area is 403 Å². The van der Waals surface area contributed by atoms with E-state index in [-0.39, 0.29) is 49.9 Å². The molecule has 0 bridgehead atoms. The molecule has 4 amide bonds. The predicted octanol–water partition coefficient (Wildman–Crippen LogP) is 5.45. The number of halogens is 4. The third-order valence-electron chi connectivity index (χ3n) is 11.3. The maximum atomic E-state index is 15.5. The summed E-state index contributed by atoms with van der Waals surface area (Å²) in [4.78, 5) is 79.9. The van der Waals surface area contributed by atoms with E-state index in [0.717, 1.165) is 52.0 Å². The van der Waals surface area contributed by atoms with Crippen LogP contribution in [0, 0.1) is 29.5 Å². The SMILES string of the molecule is COC(=O)c1cc(N2C(=S)N(c3ccc(C#N)c(C(F)(F)F)c3F)C(=O)C2(C)C)cnc1OCCOCC(=O)N[C@H](C(=O)N1CC(O)C[C@H]1C(=O)NCc1ccc(-c2scnc2C)cc1)C(C)(C)C. The van der Waals surface area contributed by atoms with Crippen molar-refractivity contribution < 1.29 is 60.9 Å². The van der Waals surface area contributed by atoms with E-state index in [1.165, 1.54) is 42.2 Å². The van der Waals surface area contributed by atoms with Crippen LogP contribution in [0.25, 0.3) is 10.4 Å². The largest absolute Gasteiger partial charge is 0.475 e. The van der Waals surface area contributed by atoms with Gasteiger partial charge < -0.3 is 39.8 Å². The van der Waals surface area contributed by atoms with Gasteiger partial charge in [0.15, 0.2) is 10.9 Å². The van der Waals surface area contributed by atoms with Gasteiger partial charge in [-0.3, -0.25) is 24.1 Å². The van der Waals surface area contributed by atoms with Crippen LogP contribution >= 0.6 is 23.6 Å². The fraction of sp³-hybridized carbons (Fsp3) is 0.413. The molecule has 0 spiro atoms. The number of aryl methyl sites for hydroxylation is 1. The number of aliphatic hydroxyl groups is 1. The van der Waals surface area contributed by atoms with E-state index in [0.29, 0.717) is 4.90 Å². The lowest BCUT2D eigenvalue weighted by molar-refractivity contribution is -0.144. The average Bonchev–Trinajstić information content (AvgIpc) is 3.95. The van der Waals surface area contributed by atoms with Gasteiger partial charge in [0, 0.05) is 19.5 Å². The second-order valence-electron chi connectivity index (χ2n) is 17.6. The molecular weight excluding hydrogens is 949 g/mol. The van der Waals surface area contributed by atoms with Crippen LogP contribution in [-0.4, -0.2) is 112 Å². The van der Waals surface area contributed by atoms with Crippen LogP contribution in [0.4, 0.5) is 28.9 Å². The molecule has 6 rings (SSSR count). The quantitative estimate of drug-likeness (QED) is 0.0585. The highest BCUT2D eigenvalue weighted by molar-refractivity contribution is 7.81. The van der Waals surface area contributed by atoms with Gasteiger partial charge in [-0.25, -0.2) is 19.2 Å². The average molecular weight is 997 g/mol. The van der Waals surface area contributed by atoms with E-state index in [9.17, 15) is 47.5 Å². The van der Waals surface area contributed by atoms with Crippen LogP contribution in [0.1, 0.15) is 73.8 Å². The fourth-order valence-corrected chi connectivity index (χ4v) is 9.16. The number of likely N-dealkylation sites (tertiary alicyclic amines) is 1. The number of carbonyl (C=O) groups is 5. The van der Waals surface area contributed by atoms with Gasteiger partial charge in [0.2, 0.25) is 23.6 Å². The number of rotatable bonds is 15. The molecule has 0 saturated carbocycles. The van der Waals surface area contributed by atoms with Crippen molar-refractivity contribution in [2.24, 2.45) is 5.41 Å². The molecule has 1 unspecified atom stereocenters. The van der Waals surface area contributed by atoms with Gasteiger partial charge in [-0.05, 0) is 67.7 Å². The van der Waals surface area contributed by atoms with Crippen molar-refractivity contribution in [2.45, 2.75) is 84.4 Å². The lowest BCUT2D eigenvalue weighted by Crippen LogP contribution is -2.58. The molecule has 17 nitrogen and oxygen atoms in total. The van der Waals surface area contributed by atoms with Gasteiger partial charge in [0.05, 0.1) is 65.1 Å². The minimum absolute atomic E-state index is 0.00245. The Balaban J connectivity index is 1.06. The van der Waals surface area contributed by atoms with Gasteiger partial charge >= 0.3 is 12.1 Å². The van der Waals surface area contributed by atoms with Crippen LogP contribution in [-0.2, 0) is 41.4 Å². The molecule has 69 heavy (non-hydrogen) atoms. The first-order valence-electron chi connectivity index (χ1n) is 21.2. The van der Waals surface area contributed by atoms with Crippen LogP contribution in [0.2, 0.25) is 0 Å². The van der Waals surface area contributed by atoms with Crippen molar-refractivity contribution in [3.8, 4) is 22.4 Å². The minimum atomic E-state index is -5.28. The summed E-state index contributed by atoms with van der Waals surface area (Å²) in [6.45, 7) is 8.86. The number of hydrogen-bond donors (Lipinski definition) is 3. The van der Waals surface area contributed by atoms with Crippen molar-refractivity contribution in [1.82, 2.24) is 25.5 Å². The van der Waals surface area contributed by atoms with Crippen molar-refractivity contribution in [3.05, 3.63) is 87.9 Å². The summed E-state index contributed by atoms with van der Waals surface area (Å²) in [7, 11) is 1.07. The second kappa shape index (κ2) is 20.5. The van der Waals surface area contributed by atoms with Crippen molar-refractivity contribution >= 4 is 69.6 Å². The zero-order valence-corrected chi connectivity index (χ0v) is 40.0. The topological polar surface area (TPSA) is 217 Å². The summed E-state index contributed by atoms with van der Waals surface area (Å²) in [6.07, 6.45) is -5.10. The normalized spacial score (nSPS) is 17.4. The predicted molar refractivity (Wildman–Crippen MR) is 246 cm³/mol. The van der Waals surface area contributed by atoms with Gasteiger partial charge in [-0.1, -0.05) is 45.0 Å². The van der Waals surface area contributed by atoms with Crippen LogP contribution in [0.5, 0.6) is 5.88 Å². The number of carbonyl (C=O) groups excluding carboxylic acids is 5. The Morgan fingerprint density at radius 2 is 1.78 bits per heavy atom. The lowest BCUT2D eigenvalue weighted by atomic mass is 9.85. The summed E-state index contributed by atoms with van der Waals surface area (Å²) < 4.78 is 73.2. The number of benzene rings is 2. The Kier molecular flexibility index (Phi) is 15.4. The number of aliphatic hydroxyl groups excluding tert-OH is 1. The van der Waals surface area contributed by atoms with Gasteiger partial charge in [0.1, 0.15) is 42.0 Å². The number of alkyl halides is 3. The van der Waals surface area contributed by atoms with E-state index < -0.39 is 99.3 Å².